The highest BCUT2D eigenvalue weighted by molar-refractivity contribution is 6.78. The van der Waals surface area contributed by atoms with E-state index in [1.54, 1.807) is 0 Å². The first kappa shape index (κ1) is 12.8. The second kappa shape index (κ2) is 3.45. The fourth-order valence-electron chi connectivity index (χ4n) is 3.33. The lowest BCUT2D eigenvalue weighted by Crippen LogP contribution is -2.60. The molecule has 0 spiro atoms. The average Bonchev–Trinajstić information content (AvgIpc) is 2.12. The van der Waals surface area contributed by atoms with Crippen LogP contribution >= 0.6 is 0 Å². The minimum absolute atomic E-state index is 0.105. The van der Waals surface area contributed by atoms with Crippen LogP contribution in [-0.2, 0) is 5.60 Å². The standard InChI is InChI=1S/C15H24OSi/c1-14(2,3)15(16)12-10-8-7-9-11(12)13(15)17(4,5)6/h7-10,13,16H,1-6H3/t13-,15+/m0/s1. The normalized spacial score (nSPS) is 28.5. The number of fused-ring (bicyclic) bond motifs is 1. The summed E-state index contributed by atoms with van der Waals surface area (Å²) >= 11 is 0. The maximum atomic E-state index is 11.2. The predicted molar refractivity (Wildman–Crippen MR) is 75.9 cm³/mol. The Balaban J connectivity index is 2.61. The summed E-state index contributed by atoms with van der Waals surface area (Å²) in [6.45, 7) is 13.5. The molecule has 94 valence electrons. The van der Waals surface area contributed by atoms with Gasteiger partial charge in [0.25, 0.3) is 0 Å². The van der Waals surface area contributed by atoms with Crippen molar-refractivity contribution in [3.63, 3.8) is 0 Å². The van der Waals surface area contributed by atoms with E-state index in [0.29, 0.717) is 5.54 Å². The first-order chi connectivity index (χ1) is 7.60. The third kappa shape index (κ3) is 1.61. The van der Waals surface area contributed by atoms with E-state index >= 15 is 0 Å². The molecule has 1 aromatic carbocycles. The maximum Gasteiger partial charge on any atom is 0.0991 e. The van der Waals surface area contributed by atoms with Gasteiger partial charge < -0.3 is 5.11 Å². The third-order valence-electron chi connectivity index (χ3n) is 4.11. The molecule has 0 aromatic heterocycles. The second-order valence-corrected chi connectivity index (χ2v) is 12.7. The molecule has 1 aliphatic carbocycles. The molecule has 2 heteroatoms. The molecule has 0 bridgehead atoms. The van der Waals surface area contributed by atoms with E-state index in [-0.39, 0.29) is 5.41 Å². The highest BCUT2D eigenvalue weighted by atomic mass is 28.3. The maximum absolute atomic E-state index is 11.2. The predicted octanol–water partition coefficient (Wildman–Crippen LogP) is 3.89. The van der Waals surface area contributed by atoms with E-state index in [1.165, 1.54) is 5.56 Å². The zero-order valence-electron chi connectivity index (χ0n) is 11.8. The number of benzene rings is 1. The van der Waals surface area contributed by atoms with Crippen molar-refractivity contribution >= 4 is 8.07 Å². The summed E-state index contributed by atoms with van der Waals surface area (Å²) in [6, 6.07) is 8.42. The molecule has 2 atom stereocenters. The molecule has 1 nitrogen and oxygen atoms in total. The Morgan fingerprint density at radius 3 is 2.12 bits per heavy atom. The van der Waals surface area contributed by atoms with Crippen molar-refractivity contribution in [2.24, 2.45) is 5.41 Å². The lowest BCUT2D eigenvalue weighted by Gasteiger charge is -2.59. The molecule has 17 heavy (non-hydrogen) atoms. The molecule has 0 fully saturated rings. The molecule has 0 saturated carbocycles. The topological polar surface area (TPSA) is 20.2 Å². The molecule has 0 heterocycles. The van der Waals surface area contributed by atoms with Crippen LogP contribution in [0.2, 0.25) is 19.6 Å². The summed E-state index contributed by atoms with van der Waals surface area (Å²) in [5.74, 6) is 0. The van der Waals surface area contributed by atoms with Crippen LogP contribution in [0.25, 0.3) is 0 Å². The highest BCUT2D eigenvalue weighted by Crippen LogP contribution is 2.61. The molecule has 2 rings (SSSR count). The van der Waals surface area contributed by atoms with Gasteiger partial charge in [0.1, 0.15) is 0 Å². The van der Waals surface area contributed by atoms with Gasteiger partial charge in [-0.2, -0.15) is 0 Å². The van der Waals surface area contributed by atoms with Crippen LogP contribution in [0.3, 0.4) is 0 Å². The molecule has 0 aliphatic heterocycles. The van der Waals surface area contributed by atoms with E-state index in [4.69, 9.17) is 0 Å². The summed E-state index contributed by atoms with van der Waals surface area (Å²) in [5.41, 5.74) is 2.13. The average molecular weight is 248 g/mol. The van der Waals surface area contributed by atoms with Crippen molar-refractivity contribution in [1.82, 2.24) is 0 Å². The minimum atomic E-state index is -1.42. The van der Waals surface area contributed by atoms with Crippen molar-refractivity contribution < 1.29 is 5.11 Å². The van der Waals surface area contributed by atoms with Gasteiger partial charge in [-0.25, -0.2) is 0 Å². The summed E-state index contributed by atoms with van der Waals surface area (Å²) in [7, 11) is -1.42. The first-order valence-corrected chi connectivity index (χ1v) is 9.99. The molecule has 0 saturated heterocycles. The summed E-state index contributed by atoms with van der Waals surface area (Å²) in [5, 5.41) is 11.2. The molecule has 1 N–H and O–H groups in total. The van der Waals surface area contributed by atoms with Gasteiger partial charge in [-0.3, -0.25) is 0 Å². The van der Waals surface area contributed by atoms with E-state index in [2.05, 4.69) is 58.6 Å². The zero-order chi connectivity index (χ0) is 13.1. The Morgan fingerprint density at radius 1 is 1.12 bits per heavy atom. The number of rotatable bonds is 1. The van der Waals surface area contributed by atoms with Gasteiger partial charge in [0.2, 0.25) is 0 Å². The fourth-order valence-corrected chi connectivity index (χ4v) is 6.36. The molecule has 0 unspecified atom stereocenters. The van der Waals surface area contributed by atoms with Crippen LogP contribution in [0.1, 0.15) is 37.4 Å². The van der Waals surface area contributed by atoms with Gasteiger partial charge in [-0.15, -0.1) is 0 Å². The summed E-state index contributed by atoms with van der Waals surface area (Å²) in [4.78, 5) is 0. The van der Waals surface area contributed by atoms with Gasteiger partial charge in [0.15, 0.2) is 0 Å². The Hall–Kier alpha value is -0.603. The smallest absolute Gasteiger partial charge is 0.0991 e. The Kier molecular flexibility index (Phi) is 2.61. The third-order valence-corrected chi connectivity index (χ3v) is 6.57. The Morgan fingerprint density at radius 2 is 1.65 bits per heavy atom. The van der Waals surface area contributed by atoms with Crippen LogP contribution in [0, 0.1) is 5.41 Å². The molecule has 1 aliphatic rings. The van der Waals surface area contributed by atoms with Crippen LogP contribution in [0.4, 0.5) is 0 Å². The van der Waals surface area contributed by atoms with Crippen molar-refractivity contribution in [3.8, 4) is 0 Å². The minimum Gasteiger partial charge on any atom is -0.384 e. The van der Waals surface area contributed by atoms with Gasteiger partial charge in [-0.1, -0.05) is 64.7 Å². The molecular weight excluding hydrogens is 224 g/mol. The number of hydrogen-bond donors (Lipinski definition) is 1. The quantitative estimate of drug-likeness (QED) is 0.747. The number of aliphatic hydroxyl groups is 1. The van der Waals surface area contributed by atoms with Gasteiger partial charge in [-0.05, 0) is 16.5 Å². The van der Waals surface area contributed by atoms with Crippen molar-refractivity contribution in [1.29, 1.82) is 0 Å². The lowest BCUT2D eigenvalue weighted by molar-refractivity contribution is -0.0922. The van der Waals surface area contributed by atoms with Crippen molar-refractivity contribution in [2.45, 2.75) is 51.6 Å². The van der Waals surface area contributed by atoms with Crippen molar-refractivity contribution in [3.05, 3.63) is 35.4 Å². The summed E-state index contributed by atoms with van der Waals surface area (Å²) in [6.07, 6.45) is 0. The molecule has 0 radical (unpaired) electrons. The van der Waals surface area contributed by atoms with E-state index in [1.807, 2.05) is 6.07 Å². The second-order valence-electron chi connectivity index (χ2n) is 7.40. The molecule has 0 amide bonds. The lowest BCUT2D eigenvalue weighted by atomic mass is 9.60. The fraction of sp³-hybridized carbons (Fsp3) is 0.600. The first-order valence-electron chi connectivity index (χ1n) is 6.42. The monoisotopic (exact) mass is 248 g/mol. The highest BCUT2D eigenvalue weighted by Gasteiger charge is 2.60. The van der Waals surface area contributed by atoms with Crippen LogP contribution in [-0.4, -0.2) is 13.2 Å². The Bertz CT molecular complexity index is 439. The summed E-state index contributed by atoms with van der Waals surface area (Å²) < 4.78 is 0. The zero-order valence-corrected chi connectivity index (χ0v) is 12.8. The van der Waals surface area contributed by atoms with Crippen LogP contribution < -0.4 is 0 Å². The number of hydrogen-bond acceptors (Lipinski definition) is 1. The van der Waals surface area contributed by atoms with E-state index in [0.717, 1.165) is 5.56 Å². The van der Waals surface area contributed by atoms with Crippen molar-refractivity contribution in [2.75, 3.05) is 0 Å². The Labute approximate surface area is 106 Å². The van der Waals surface area contributed by atoms with Gasteiger partial charge in [0, 0.05) is 5.54 Å². The van der Waals surface area contributed by atoms with Gasteiger partial charge in [0.05, 0.1) is 13.7 Å². The van der Waals surface area contributed by atoms with E-state index in [9.17, 15) is 5.11 Å². The largest absolute Gasteiger partial charge is 0.384 e. The molecule has 1 aromatic rings. The SMILES string of the molecule is CC(C)(C)[C@@]1(O)c2ccccc2[C@@H]1[Si](C)(C)C. The molecular formula is C15H24OSi. The van der Waals surface area contributed by atoms with Crippen LogP contribution in [0.15, 0.2) is 24.3 Å². The van der Waals surface area contributed by atoms with E-state index < -0.39 is 13.7 Å². The van der Waals surface area contributed by atoms with Gasteiger partial charge >= 0.3 is 0 Å². The van der Waals surface area contributed by atoms with Crippen LogP contribution in [0.5, 0.6) is 0 Å².